The molecule has 0 saturated carbocycles. The van der Waals surface area contributed by atoms with Gasteiger partial charge in [-0.1, -0.05) is 6.92 Å². The first-order valence-electron chi connectivity index (χ1n) is 6.27. The van der Waals surface area contributed by atoms with Crippen LogP contribution in [0.25, 0.3) is 0 Å². The van der Waals surface area contributed by atoms with Crippen LogP contribution in [0.15, 0.2) is 18.2 Å². The molecule has 0 radical (unpaired) electrons. The topological polar surface area (TPSA) is 47.9 Å². The molecule has 1 aromatic carbocycles. The highest BCUT2D eigenvalue weighted by atomic mass is 19.1. The molecule has 2 rings (SSSR count). The Bertz CT molecular complexity index is 459. The number of nitrogens with one attached hydrogen (secondary N) is 2. The van der Waals surface area contributed by atoms with Crippen molar-refractivity contribution < 1.29 is 4.39 Å². The first-order chi connectivity index (χ1) is 8.63. The number of nitriles is 1. The summed E-state index contributed by atoms with van der Waals surface area (Å²) in [5.41, 5.74) is 1.05. The van der Waals surface area contributed by atoms with E-state index in [0.29, 0.717) is 11.3 Å². The van der Waals surface area contributed by atoms with Crippen molar-refractivity contribution in [3.63, 3.8) is 0 Å². The van der Waals surface area contributed by atoms with Crippen LogP contribution in [0, 0.1) is 22.6 Å². The van der Waals surface area contributed by atoms with Gasteiger partial charge in [0.2, 0.25) is 0 Å². The minimum Gasteiger partial charge on any atom is -0.382 e. The lowest BCUT2D eigenvalue weighted by Gasteiger charge is -2.34. The van der Waals surface area contributed by atoms with E-state index in [2.05, 4.69) is 17.6 Å². The smallest absolute Gasteiger partial charge is 0.147 e. The average molecular weight is 247 g/mol. The van der Waals surface area contributed by atoms with Gasteiger partial charge in [0.05, 0.1) is 17.3 Å². The number of benzene rings is 1. The molecule has 1 aliphatic heterocycles. The third-order valence-corrected chi connectivity index (χ3v) is 3.61. The fourth-order valence-corrected chi connectivity index (χ4v) is 2.24. The third-order valence-electron chi connectivity index (χ3n) is 3.61. The summed E-state index contributed by atoms with van der Waals surface area (Å²) in [6.07, 6.45) is 2.19. The van der Waals surface area contributed by atoms with Crippen LogP contribution < -0.4 is 10.6 Å². The quantitative estimate of drug-likeness (QED) is 0.862. The SMILES string of the molecule is CC1(CNc2ccc(C#N)cc2F)CCNCC1. The molecule has 0 amide bonds. The highest BCUT2D eigenvalue weighted by molar-refractivity contribution is 5.48. The second-order valence-electron chi connectivity index (χ2n) is 5.22. The number of hydrogen-bond acceptors (Lipinski definition) is 3. The van der Waals surface area contributed by atoms with Crippen LogP contribution in [0.4, 0.5) is 10.1 Å². The normalized spacial score (nSPS) is 18.1. The summed E-state index contributed by atoms with van der Waals surface area (Å²) in [4.78, 5) is 0. The number of rotatable bonds is 3. The predicted octanol–water partition coefficient (Wildman–Crippen LogP) is 2.50. The monoisotopic (exact) mass is 247 g/mol. The van der Waals surface area contributed by atoms with Crippen LogP contribution in [0.1, 0.15) is 25.3 Å². The maximum absolute atomic E-state index is 13.7. The van der Waals surface area contributed by atoms with E-state index in [1.807, 2.05) is 6.07 Å². The summed E-state index contributed by atoms with van der Waals surface area (Å²) in [5.74, 6) is -0.355. The molecule has 1 saturated heterocycles. The Hall–Kier alpha value is -1.60. The summed E-state index contributed by atoms with van der Waals surface area (Å²) < 4.78 is 13.7. The highest BCUT2D eigenvalue weighted by Crippen LogP contribution is 2.28. The van der Waals surface area contributed by atoms with Crippen LogP contribution in [0.3, 0.4) is 0 Å². The molecular formula is C14H18FN3. The molecule has 18 heavy (non-hydrogen) atoms. The molecular weight excluding hydrogens is 229 g/mol. The minimum atomic E-state index is -0.355. The summed E-state index contributed by atoms with van der Waals surface area (Å²) in [6, 6.07) is 6.48. The van der Waals surface area contributed by atoms with E-state index in [9.17, 15) is 4.39 Å². The first kappa shape index (κ1) is 12.8. The van der Waals surface area contributed by atoms with Gasteiger partial charge in [0.1, 0.15) is 5.82 Å². The number of hydrogen-bond donors (Lipinski definition) is 2. The Morgan fingerprint density at radius 2 is 2.17 bits per heavy atom. The van der Waals surface area contributed by atoms with Gasteiger partial charge in [0, 0.05) is 6.54 Å². The van der Waals surface area contributed by atoms with Crippen LogP contribution in [-0.4, -0.2) is 19.6 Å². The van der Waals surface area contributed by atoms with E-state index in [-0.39, 0.29) is 11.2 Å². The Labute approximate surface area is 107 Å². The van der Waals surface area contributed by atoms with Crippen molar-refractivity contribution in [1.82, 2.24) is 5.32 Å². The van der Waals surface area contributed by atoms with Gasteiger partial charge in [0.25, 0.3) is 0 Å². The molecule has 0 aliphatic carbocycles. The minimum absolute atomic E-state index is 0.214. The van der Waals surface area contributed by atoms with E-state index in [0.717, 1.165) is 32.5 Å². The van der Waals surface area contributed by atoms with Gasteiger partial charge >= 0.3 is 0 Å². The Morgan fingerprint density at radius 3 is 2.78 bits per heavy atom. The van der Waals surface area contributed by atoms with Gasteiger partial charge in [-0.2, -0.15) is 5.26 Å². The van der Waals surface area contributed by atoms with Gasteiger partial charge in [-0.15, -0.1) is 0 Å². The molecule has 96 valence electrons. The van der Waals surface area contributed by atoms with Crippen molar-refractivity contribution in [2.75, 3.05) is 25.0 Å². The van der Waals surface area contributed by atoms with Crippen molar-refractivity contribution in [2.45, 2.75) is 19.8 Å². The molecule has 0 bridgehead atoms. The number of halogens is 1. The lowest BCUT2D eigenvalue weighted by molar-refractivity contribution is 0.247. The molecule has 0 spiro atoms. The summed E-state index contributed by atoms with van der Waals surface area (Å²) in [6.45, 7) is 5.03. The molecule has 0 unspecified atom stereocenters. The van der Waals surface area contributed by atoms with Crippen LogP contribution >= 0.6 is 0 Å². The summed E-state index contributed by atoms with van der Waals surface area (Å²) in [7, 11) is 0. The molecule has 0 atom stereocenters. The Morgan fingerprint density at radius 1 is 1.44 bits per heavy atom. The van der Waals surface area contributed by atoms with E-state index in [4.69, 9.17) is 5.26 Å². The fourth-order valence-electron chi connectivity index (χ4n) is 2.24. The van der Waals surface area contributed by atoms with Gasteiger partial charge in [-0.25, -0.2) is 4.39 Å². The van der Waals surface area contributed by atoms with Crippen molar-refractivity contribution in [3.05, 3.63) is 29.6 Å². The molecule has 1 aromatic rings. The Kier molecular flexibility index (Phi) is 3.83. The van der Waals surface area contributed by atoms with Gasteiger partial charge in [0.15, 0.2) is 0 Å². The number of nitrogens with zero attached hydrogens (tertiary/aromatic N) is 1. The number of anilines is 1. The summed E-state index contributed by atoms with van der Waals surface area (Å²) in [5, 5.41) is 15.2. The molecule has 1 heterocycles. The second-order valence-corrected chi connectivity index (χ2v) is 5.22. The van der Waals surface area contributed by atoms with Crippen molar-refractivity contribution in [2.24, 2.45) is 5.41 Å². The zero-order chi connectivity index (χ0) is 13.0. The molecule has 1 aliphatic rings. The standard InChI is InChI=1S/C14H18FN3/c1-14(4-6-17-7-5-14)10-18-13-3-2-11(9-16)8-12(13)15/h2-3,8,17-18H,4-7,10H2,1H3. The fraction of sp³-hybridized carbons (Fsp3) is 0.500. The van der Waals surface area contributed by atoms with E-state index >= 15 is 0 Å². The molecule has 0 aromatic heterocycles. The zero-order valence-electron chi connectivity index (χ0n) is 10.6. The maximum Gasteiger partial charge on any atom is 0.147 e. The highest BCUT2D eigenvalue weighted by Gasteiger charge is 2.26. The van der Waals surface area contributed by atoms with Crippen LogP contribution in [0.2, 0.25) is 0 Å². The van der Waals surface area contributed by atoms with Crippen molar-refractivity contribution in [1.29, 1.82) is 5.26 Å². The van der Waals surface area contributed by atoms with E-state index < -0.39 is 0 Å². The third kappa shape index (κ3) is 2.99. The molecule has 3 nitrogen and oxygen atoms in total. The molecule has 2 N–H and O–H groups in total. The first-order valence-corrected chi connectivity index (χ1v) is 6.27. The largest absolute Gasteiger partial charge is 0.382 e. The summed E-state index contributed by atoms with van der Waals surface area (Å²) >= 11 is 0. The van der Waals surface area contributed by atoms with Crippen LogP contribution in [0.5, 0.6) is 0 Å². The average Bonchev–Trinajstić information content (AvgIpc) is 2.38. The van der Waals surface area contributed by atoms with Crippen molar-refractivity contribution in [3.8, 4) is 6.07 Å². The van der Waals surface area contributed by atoms with Crippen LogP contribution in [-0.2, 0) is 0 Å². The Balaban J connectivity index is 2.00. The van der Waals surface area contributed by atoms with Gasteiger partial charge in [-0.05, 0) is 49.5 Å². The molecule has 1 fully saturated rings. The lowest BCUT2D eigenvalue weighted by Crippen LogP contribution is -2.39. The zero-order valence-corrected chi connectivity index (χ0v) is 10.6. The van der Waals surface area contributed by atoms with E-state index in [1.165, 1.54) is 6.07 Å². The van der Waals surface area contributed by atoms with Gasteiger partial charge < -0.3 is 10.6 Å². The molecule has 4 heteroatoms. The number of piperidine rings is 1. The predicted molar refractivity (Wildman–Crippen MR) is 69.8 cm³/mol. The lowest BCUT2D eigenvalue weighted by atomic mass is 9.81. The van der Waals surface area contributed by atoms with Crippen molar-refractivity contribution >= 4 is 5.69 Å². The van der Waals surface area contributed by atoms with Gasteiger partial charge in [-0.3, -0.25) is 0 Å². The second kappa shape index (κ2) is 5.36. The maximum atomic E-state index is 13.7. The van der Waals surface area contributed by atoms with E-state index in [1.54, 1.807) is 12.1 Å².